The van der Waals surface area contributed by atoms with Crippen LogP contribution in [0, 0.1) is 0 Å². The zero-order chi connectivity index (χ0) is 27.8. The van der Waals surface area contributed by atoms with Crippen molar-refractivity contribution in [2.45, 2.75) is 24.2 Å². The number of carbonyl (C=O) groups excluding carboxylic acids is 1. The lowest BCUT2D eigenvalue weighted by Gasteiger charge is -2.14. The minimum Gasteiger partial charge on any atom is -0.385 e. The monoisotopic (exact) mass is 573 g/mol. The molecule has 0 radical (unpaired) electrons. The number of fused-ring (bicyclic) bond motifs is 1. The molecule has 3 aromatic rings. The molecule has 210 valence electrons. The highest BCUT2D eigenvalue weighted by Crippen LogP contribution is 2.26. The SMILES string of the molecule is COCCCS(=O)(=O)c1ccc(/C(=N\N2CCCC2)C(=O)Nc2nc3ccc(NCCN(C)C)nc3s2)cc1. The number of hydrogen-bond donors (Lipinski definition) is 2. The molecular formula is C26H35N7O4S2. The van der Waals surface area contributed by atoms with Crippen molar-refractivity contribution < 1.29 is 17.9 Å². The number of ether oxygens (including phenoxy) is 1. The lowest BCUT2D eigenvalue weighted by atomic mass is 10.1. The van der Waals surface area contributed by atoms with E-state index in [9.17, 15) is 13.2 Å². The number of nitrogens with one attached hydrogen (secondary N) is 2. The quantitative estimate of drug-likeness (QED) is 0.234. The number of nitrogens with zero attached hydrogens (tertiary/aromatic N) is 5. The second-order valence-electron chi connectivity index (χ2n) is 9.52. The fourth-order valence-corrected chi connectivity index (χ4v) is 6.16. The molecule has 1 saturated heterocycles. The van der Waals surface area contributed by atoms with Crippen molar-refractivity contribution in [3.63, 3.8) is 0 Å². The number of sulfone groups is 1. The minimum atomic E-state index is -3.45. The van der Waals surface area contributed by atoms with Crippen LogP contribution in [0.25, 0.3) is 10.3 Å². The highest BCUT2D eigenvalue weighted by atomic mass is 32.2. The third kappa shape index (κ3) is 7.94. The van der Waals surface area contributed by atoms with Gasteiger partial charge in [-0.1, -0.05) is 23.5 Å². The van der Waals surface area contributed by atoms with Crippen molar-refractivity contribution in [2.75, 3.05) is 70.4 Å². The summed E-state index contributed by atoms with van der Waals surface area (Å²) in [6.45, 7) is 3.54. The molecule has 0 unspecified atom stereocenters. The third-order valence-electron chi connectivity index (χ3n) is 6.13. The first-order valence-corrected chi connectivity index (χ1v) is 15.4. The Hall–Kier alpha value is -3.13. The summed E-state index contributed by atoms with van der Waals surface area (Å²) in [6.07, 6.45) is 2.42. The Labute approximate surface area is 233 Å². The van der Waals surface area contributed by atoms with Crippen molar-refractivity contribution in [3.05, 3.63) is 42.0 Å². The molecule has 2 aromatic heterocycles. The summed E-state index contributed by atoms with van der Waals surface area (Å²) >= 11 is 1.29. The number of rotatable bonds is 13. The van der Waals surface area contributed by atoms with E-state index in [1.807, 2.05) is 31.2 Å². The van der Waals surface area contributed by atoms with Gasteiger partial charge in [-0.25, -0.2) is 18.4 Å². The average molecular weight is 574 g/mol. The number of hydrazone groups is 1. The number of benzene rings is 1. The molecule has 3 heterocycles. The van der Waals surface area contributed by atoms with Gasteiger partial charge in [-0.2, -0.15) is 5.10 Å². The number of aromatic nitrogens is 2. The normalized spacial score (nSPS) is 14.4. The Kier molecular flexibility index (Phi) is 9.83. The number of anilines is 2. The van der Waals surface area contributed by atoms with E-state index < -0.39 is 15.7 Å². The highest BCUT2D eigenvalue weighted by Gasteiger charge is 2.21. The van der Waals surface area contributed by atoms with Gasteiger partial charge in [0.2, 0.25) is 0 Å². The topological polar surface area (TPSA) is 129 Å². The molecule has 39 heavy (non-hydrogen) atoms. The molecule has 0 bridgehead atoms. The molecule has 1 fully saturated rings. The second kappa shape index (κ2) is 13.3. The van der Waals surface area contributed by atoms with Gasteiger partial charge in [0.05, 0.1) is 10.6 Å². The maximum atomic E-state index is 13.4. The highest BCUT2D eigenvalue weighted by molar-refractivity contribution is 7.91. The Morgan fingerprint density at radius 2 is 1.87 bits per heavy atom. The standard InChI is InChI=1S/C26H35N7O4S2/c1-32(2)16-13-27-22-12-11-21-25(29-22)38-26(28-21)30-24(34)23(31-33-14-4-5-15-33)19-7-9-20(10-8-19)39(35,36)18-6-17-37-3/h7-12H,4-6,13-18H2,1-3H3,(H,27,29)(H,28,30,34)/b31-23+. The number of methoxy groups -OCH3 is 1. The summed E-state index contributed by atoms with van der Waals surface area (Å²) in [5.74, 6) is 0.328. The molecule has 1 aliphatic rings. The largest absolute Gasteiger partial charge is 0.385 e. The fraction of sp³-hybridized carbons (Fsp3) is 0.462. The predicted molar refractivity (Wildman–Crippen MR) is 155 cm³/mol. The Morgan fingerprint density at radius 3 is 2.56 bits per heavy atom. The molecular weight excluding hydrogens is 538 g/mol. The molecule has 4 rings (SSSR count). The average Bonchev–Trinajstić information content (AvgIpc) is 3.56. The second-order valence-corrected chi connectivity index (χ2v) is 12.6. The first-order valence-electron chi connectivity index (χ1n) is 12.9. The summed E-state index contributed by atoms with van der Waals surface area (Å²) in [6, 6.07) is 10.0. The van der Waals surface area contributed by atoms with E-state index in [2.05, 4.69) is 30.6 Å². The number of hydrogen-bond acceptors (Lipinski definition) is 11. The Morgan fingerprint density at radius 1 is 1.13 bits per heavy atom. The molecule has 0 atom stereocenters. The van der Waals surface area contributed by atoms with Gasteiger partial charge in [0.15, 0.2) is 20.7 Å². The van der Waals surface area contributed by atoms with Gasteiger partial charge >= 0.3 is 0 Å². The molecule has 0 aliphatic carbocycles. The first kappa shape index (κ1) is 28.9. The van der Waals surface area contributed by atoms with E-state index in [1.54, 1.807) is 19.2 Å². The van der Waals surface area contributed by atoms with Crippen molar-refractivity contribution in [2.24, 2.45) is 5.10 Å². The zero-order valence-corrected chi connectivity index (χ0v) is 24.1. The lowest BCUT2D eigenvalue weighted by Crippen LogP contribution is -2.27. The van der Waals surface area contributed by atoms with E-state index in [0.717, 1.165) is 44.8 Å². The molecule has 11 nitrogen and oxygen atoms in total. The van der Waals surface area contributed by atoms with Gasteiger partial charge in [0, 0.05) is 45.5 Å². The first-order chi connectivity index (χ1) is 18.7. The number of amides is 1. The summed E-state index contributed by atoms with van der Waals surface area (Å²) < 4.78 is 30.3. The molecule has 0 spiro atoms. The number of thiazole rings is 1. The summed E-state index contributed by atoms with van der Waals surface area (Å²) in [4.78, 5) is 25.6. The summed E-state index contributed by atoms with van der Waals surface area (Å²) in [5, 5.41) is 13.1. The van der Waals surface area contributed by atoms with Crippen molar-refractivity contribution in [3.8, 4) is 0 Å². The van der Waals surface area contributed by atoms with Crippen LogP contribution in [-0.4, -0.2) is 99.7 Å². The molecule has 1 aromatic carbocycles. The Bertz CT molecular complexity index is 1400. The Balaban J connectivity index is 1.52. The predicted octanol–water partition coefficient (Wildman–Crippen LogP) is 2.91. The number of likely N-dealkylation sites (N-methyl/N-ethyl adjacent to an activating group) is 1. The van der Waals surface area contributed by atoms with E-state index in [1.165, 1.54) is 23.5 Å². The van der Waals surface area contributed by atoms with Crippen LogP contribution in [-0.2, 0) is 19.4 Å². The van der Waals surface area contributed by atoms with Crippen LogP contribution >= 0.6 is 11.3 Å². The minimum absolute atomic E-state index is 0.00603. The number of carbonyl (C=O) groups is 1. The van der Waals surface area contributed by atoms with Crippen LogP contribution in [0.3, 0.4) is 0 Å². The van der Waals surface area contributed by atoms with Crippen LogP contribution in [0.5, 0.6) is 0 Å². The van der Waals surface area contributed by atoms with Crippen molar-refractivity contribution in [1.82, 2.24) is 19.9 Å². The van der Waals surface area contributed by atoms with E-state index in [0.29, 0.717) is 34.1 Å². The van der Waals surface area contributed by atoms with Crippen LogP contribution in [0.2, 0.25) is 0 Å². The van der Waals surface area contributed by atoms with Gasteiger partial charge in [-0.05, 0) is 57.6 Å². The van der Waals surface area contributed by atoms with Crippen LogP contribution in [0.15, 0.2) is 46.4 Å². The third-order valence-corrected chi connectivity index (χ3v) is 8.83. The van der Waals surface area contributed by atoms with E-state index in [-0.39, 0.29) is 16.4 Å². The van der Waals surface area contributed by atoms with Crippen molar-refractivity contribution >= 4 is 54.1 Å². The van der Waals surface area contributed by atoms with Gasteiger partial charge in [-0.15, -0.1) is 0 Å². The molecule has 1 amide bonds. The van der Waals surface area contributed by atoms with Gasteiger partial charge in [0.25, 0.3) is 5.91 Å². The molecule has 2 N–H and O–H groups in total. The van der Waals surface area contributed by atoms with Gasteiger partial charge in [-0.3, -0.25) is 15.1 Å². The maximum absolute atomic E-state index is 13.4. The summed E-state index contributed by atoms with van der Waals surface area (Å²) in [7, 11) is 2.12. The number of pyridine rings is 1. The van der Waals surface area contributed by atoms with E-state index in [4.69, 9.17) is 4.74 Å². The van der Waals surface area contributed by atoms with Gasteiger partial charge < -0.3 is 15.0 Å². The molecule has 0 saturated carbocycles. The van der Waals surface area contributed by atoms with Crippen molar-refractivity contribution in [1.29, 1.82) is 0 Å². The smallest absolute Gasteiger partial charge is 0.278 e. The lowest BCUT2D eigenvalue weighted by molar-refractivity contribution is -0.110. The molecule has 1 aliphatic heterocycles. The van der Waals surface area contributed by atoms with Crippen LogP contribution < -0.4 is 10.6 Å². The van der Waals surface area contributed by atoms with Crippen LogP contribution in [0.1, 0.15) is 24.8 Å². The van der Waals surface area contributed by atoms with Crippen LogP contribution in [0.4, 0.5) is 10.9 Å². The molecule has 13 heteroatoms. The van der Waals surface area contributed by atoms with E-state index >= 15 is 0 Å². The maximum Gasteiger partial charge on any atom is 0.278 e. The fourth-order valence-electron chi connectivity index (χ4n) is 4.04. The van der Waals surface area contributed by atoms with Gasteiger partial charge in [0.1, 0.15) is 16.2 Å². The zero-order valence-electron chi connectivity index (χ0n) is 22.5. The summed E-state index contributed by atoms with van der Waals surface area (Å²) in [5.41, 5.74) is 1.43.